The maximum absolute atomic E-state index is 13.8. The molecule has 1 aromatic heterocycles. The van der Waals surface area contributed by atoms with Crippen LogP contribution in [0.25, 0.3) is 11.0 Å². The maximum Gasteiger partial charge on any atom is 0.418 e. The number of hydrogen-bond acceptors (Lipinski definition) is 5. The second kappa shape index (κ2) is 8.62. The van der Waals surface area contributed by atoms with E-state index in [0.717, 1.165) is 31.4 Å². The number of halogens is 6. The van der Waals surface area contributed by atoms with Gasteiger partial charge in [0.2, 0.25) is 5.91 Å². The SMILES string of the molecule is CN1CCC(NC(=O)[C@H]2CN(c3ccc(C(F)(F)F)c4nccnc34)CC2C(F)(F)F)CC1. The van der Waals surface area contributed by atoms with E-state index in [1.165, 1.54) is 11.1 Å². The van der Waals surface area contributed by atoms with E-state index in [0.29, 0.717) is 12.8 Å². The standard InChI is InChI=1S/C21H23F6N5O/c1-31-8-4-12(5-9-31)30-19(33)13-10-32(11-15(13)21(25,26)27)16-3-2-14(20(22,23)24)17-18(16)29-7-6-28-17/h2-3,6-7,12-13,15H,4-5,8-11H2,1H3,(H,30,33)/t13-,15?/m0/s1. The van der Waals surface area contributed by atoms with Gasteiger partial charge in [-0.3, -0.25) is 14.8 Å². The van der Waals surface area contributed by atoms with E-state index < -0.39 is 47.7 Å². The predicted molar refractivity (Wildman–Crippen MR) is 108 cm³/mol. The Morgan fingerprint density at radius 1 is 1.00 bits per heavy atom. The van der Waals surface area contributed by atoms with Crippen LogP contribution in [0, 0.1) is 11.8 Å². The molecule has 0 radical (unpaired) electrons. The van der Waals surface area contributed by atoms with Crippen LogP contribution >= 0.6 is 0 Å². The summed E-state index contributed by atoms with van der Waals surface area (Å²) in [5, 5.41) is 2.75. The fourth-order valence-electron chi connectivity index (χ4n) is 4.59. The normalized spacial score (nSPS) is 23.3. The zero-order chi connectivity index (χ0) is 24.0. The summed E-state index contributed by atoms with van der Waals surface area (Å²) in [6, 6.07) is 1.69. The highest BCUT2D eigenvalue weighted by Gasteiger charge is 2.53. The molecule has 33 heavy (non-hydrogen) atoms. The number of amides is 1. The van der Waals surface area contributed by atoms with Crippen LogP contribution in [-0.2, 0) is 11.0 Å². The Labute approximate surface area is 186 Å². The minimum absolute atomic E-state index is 0.0925. The summed E-state index contributed by atoms with van der Waals surface area (Å²) in [5.41, 5.74) is -1.51. The van der Waals surface area contributed by atoms with Crippen LogP contribution in [0.3, 0.4) is 0 Å². The molecule has 1 amide bonds. The molecule has 0 aliphatic carbocycles. The first-order chi connectivity index (χ1) is 15.4. The van der Waals surface area contributed by atoms with Crippen molar-refractivity contribution < 1.29 is 31.1 Å². The average Bonchev–Trinajstić information content (AvgIpc) is 3.20. The highest BCUT2D eigenvalue weighted by molar-refractivity contribution is 5.91. The van der Waals surface area contributed by atoms with Gasteiger partial charge in [0.1, 0.15) is 11.0 Å². The first kappa shape index (κ1) is 23.5. The molecule has 2 aliphatic heterocycles. The molecule has 2 atom stereocenters. The lowest BCUT2D eigenvalue weighted by Gasteiger charge is -2.31. The number of nitrogens with one attached hydrogen (secondary N) is 1. The molecule has 6 nitrogen and oxygen atoms in total. The van der Waals surface area contributed by atoms with Crippen LogP contribution in [0.1, 0.15) is 18.4 Å². The summed E-state index contributed by atoms with van der Waals surface area (Å²) >= 11 is 0. The van der Waals surface area contributed by atoms with Gasteiger partial charge in [0.15, 0.2) is 0 Å². The number of benzene rings is 1. The monoisotopic (exact) mass is 475 g/mol. The minimum Gasteiger partial charge on any atom is -0.368 e. The molecule has 1 aromatic carbocycles. The summed E-state index contributed by atoms with van der Waals surface area (Å²) in [7, 11) is 1.93. The molecule has 12 heteroatoms. The number of nitrogens with zero attached hydrogens (tertiary/aromatic N) is 4. The highest BCUT2D eigenvalue weighted by Crippen LogP contribution is 2.42. The van der Waals surface area contributed by atoms with Crippen LogP contribution < -0.4 is 10.2 Å². The largest absolute Gasteiger partial charge is 0.418 e. The van der Waals surface area contributed by atoms with Crippen molar-refractivity contribution in [2.75, 3.05) is 38.1 Å². The molecule has 0 spiro atoms. The lowest BCUT2D eigenvalue weighted by atomic mass is 9.93. The first-order valence-corrected chi connectivity index (χ1v) is 10.6. The maximum atomic E-state index is 13.8. The predicted octanol–water partition coefficient (Wildman–Crippen LogP) is 3.47. The smallest absolute Gasteiger partial charge is 0.368 e. The summed E-state index contributed by atoms with van der Waals surface area (Å²) < 4.78 is 81.6. The van der Waals surface area contributed by atoms with Gasteiger partial charge in [-0.1, -0.05) is 0 Å². The van der Waals surface area contributed by atoms with Gasteiger partial charge in [-0.25, -0.2) is 0 Å². The molecule has 2 fully saturated rings. The minimum atomic E-state index is -4.69. The van der Waals surface area contributed by atoms with Crippen molar-refractivity contribution >= 4 is 22.6 Å². The second-order valence-electron chi connectivity index (χ2n) is 8.63. The van der Waals surface area contributed by atoms with Crippen LogP contribution in [0.4, 0.5) is 32.0 Å². The van der Waals surface area contributed by atoms with Crippen molar-refractivity contribution in [3.05, 3.63) is 30.1 Å². The molecule has 180 valence electrons. The molecule has 2 aromatic rings. The van der Waals surface area contributed by atoms with Gasteiger partial charge in [0.25, 0.3) is 0 Å². The third-order valence-corrected chi connectivity index (χ3v) is 6.39. The van der Waals surface area contributed by atoms with Gasteiger partial charge in [0.05, 0.1) is 23.1 Å². The molecule has 0 saturated carbocycles. The third kappa shape index (κ3) is 4.85. The molecular weight excluding hydrogens is 452 g/mol. The Morgan fingerprint density at radius 2 is 1.64 bits per heavy atom. The van der Waals surface area contributed by atoms with Crippen molar-refractivity contribution in [1.82, 2.24) is 20.2 Å². The topological polar surface area (TPSA) is 61.4 Å². The van der Waals surface area contributed by atoms with Crippen LogP contribution in [0.2, 0.25) is 0 Å². The Kier molecular flexibility index (Phi) is 6.14. The number of fused-ring (bicyclic) bond motifs is 1. The number of carbonyl (C=O) groups excluding carboxylic acids is 1. The summed E-state index contributed by atoms with van der Waals surface area (Å²) in [6.45, 7) is 0.646. The van der Waals surface area contributed by atoms with E-state index >= 15 is 0 Å². The van der Waals surface area contributed by atoms with Gasteiger partial charge in [-0.15, -0.1) is 0 Å². The van der Waals surface area contributed by atoms with Crippen molar-refractivity contribution in [1.29, 1.82) is 0 Å². The van der Waals surface area contributed by atoms with Gasteiger partial charge in [-0.05, 0) is 45.1 Å². The summed E-state index contributed by atoms with van der Waals surface area (Å²) in [5.74, 6) is -4.01. The van der Waals surface area contributed by atoms with Crippen LogP contribution in [0.15, 0.2) is 24.5 Å². The Morgan fingerprint density at radius 3 is 2.24 bits per heavy atom. The highest BCUT2D eigenvalue weighted by atomic mass is 19.4. The first-order valence-electron chi connectivity index (χ1n) is 10.6. The second-order valence-corrected chi connectivity index (χ2v) is 8.63. The molecule has 1 N–H and O–H groups in total. The van der Waals surface area contributed by atoms with Crippen molar-refractivity contribution in [3.63, 3.8) is 0 Å². The van der Waals surface area contributed by atoms with E-state index in [-0.39, 0.29) is 23.8 Å². The van der Waals surface area contributed by atoms with Crippen LogP contribution in [-0.4, -0.2) is 66.2 Å². The van der Waals surface area contributed by atoms with Gasteiger partial charge >= 0.3 is 12.4 Å². The number of anilines is 1. The summed E-state index contributed by atoms with van der Waals surface area (Å²) in [4.78, 5) is 24.0. The molecule has 2 saturated heterocycles. The number of piperidine rings is 1. The van der Waals surface area contributed by atoms with E-state index in [1.54, 1.807) is 0 Å². The molecule has 4 rings (SSSR count). The fraction of sp³-hybridized carbons (Fsp3) is 0.571. The lowest BCUT2D eigenvalue weighted by molar-refractivity contribution is -0.182. The third-order valence-electron chi connectivity index (χ3n) is 6.39. The quantitative estimate of drug-likeness (QED) is 0.689. The Hall–Kier alpha value is -2.63. The zero-order valence-electron chi connectivity index (χ0n) is 17.7. The van der Waals surface area contributed by atoms with E-state index in [1.807, 2.05) is 7.05 Å². The fourth-order valence-corrected chi connectivity index (χ4v) is 4.59. The lowest BCUT2D eigenvalue weighted by Crippen LogP contribution is -2.48. The number of aromatic nitrogens is 2. The van der Waals surface area contributed by atoms with Gasteiger partial charge < -0.3 is 15.1 Å². The Balaban J connectivity index is 1.62. The van der Waals surface area contributed by atoms with Crippen molar-refractivity contribution in [2.24, 2.45) is 11.8 Å². The molecular formula is C21H23F6N5O. The van der Waals surface area contributed by atoms with E-state index in [2.05, 4.69) is 20.2 Å². The van der Waals surface area contributed by atoms with Gasteiger partial charge in [-0.2, -0.15) is 26.3 Å². The number of rotatable bonds is 3. The summed E-state index contributed by atoms with van der Waals surface area (Å²) in [6.07, 6.45) is -5.75. The number of alkyl halides is 6. The zero-order valence-corrected chi connectivity index (χ0v) is 17.7. The number of likely N-dealkylation sites (tertiary alicyclic amines) is 1. The molecule has 3 heterocycles. The molecule has 1 unspecified atom stereocenters. The van der Waals surface area contributed by atoms with Gasteiger partial charge in [0, 0.05) is 31.5 Å². The van der Waals surface area contributed by atoms with Crippen LogP contribution in [0.5, 0.6) is 0 Å². The van der Waals surface area contributed by atoms with Crippen molar-refractivity contribution in [3.8, 4) is 0 Å². The number of hydrogen-bond donors (Lipinski definition) is 1. The van der Waals surface area contributed by atoms with Crippen molar-refractivity contribution in [2.45, 2.75) is 31.2 Å². The molecule has 0 bridgehead atoms. The average molecular weight is 475 g/mol. The van der Waals surface area contributed by atoms with E-state index in [4.69, 9.17) is 0 Å². The molecule has 2 aliphatic rings. The Bertz CT molecular complexity index is 1020. The van der Waals surface area contributed by atoms with E-state index in [9.17, 15) is 31.1 Å². The number of carbonyl (C=O) groups is 1.